The summed E-state index contributed by atoms with van der Waals surface area (Å²) in [4.78, 5) is 29.8. The standard InChI is InChI=1S/C27H33FN2O2S/c1-2-3-4-5-6-21-7-9-22(10-8-21)25(31)29-17-15-27(16-18-29)30(19-20-33-27)26(32)23-11-13-24(28)14-12-23/h7-14H,2-6,15-20H2,1H3. The number of rotatable bonds is 7. The zero-order valence-corrected chi connectivity index (χ0v) is 20.2. The first-order chi connectivity index (χ1) is 16.0. The van der Waals surface area contributed by atoms with Gasteiger partial charge in [-0.2, -0.15) is 0 Å². The zero-order valence-electron chi connectivity index (χ0n) is 19.4. The third-order valence-corrected chi connectivity index (χ3v) is 8.42. The van der Waals surface area contributed by atoms with Crippen LogP contribution in [-0.2, 0) is 6.42 Å². The van der Waals surface area contributed by atoms with Gasteiger partial charge in [-0.3, -0.25) is 9.59 Å². The van der Waals surface area contributed by atoms with Crippen LogP contribution in [0.4, 0.5) is 4.39 Å². The van der Waals surface area contributed by atoms with E-state index in [-0.39, 0.29) is 22.5 Å². The number of nitrogens with zero attached hydrogens (tertiary/aromatic N) is 2. The number of hydrogen-bond donors (Lipinski definition) is 0. The van der Waals surface area contributed by atoms with Crippen molar-refractivity contribution in [3.63, 3.8) is 0 Å². The van der Waals surface area contributed by atoms with Crippen molar-refractivity contribution in [2.75, 3.05) is 25.4 Å². The van der Waals surface area contributed by atoms with Crippen LogP contribution in [-0.4, -0.2) is 51.9 Å². The van der Waals surface area contributed by atoms with Gasteiger partial charge in [-0.15, -0.1) is 11.8 Å². The number of hydrogen-bond acceptors (Lipinski definition) is 3. The number of carbonyl (C=O) groups is 2. The van der Waals surface area contributed by atoms with E-state index < -0.39 is 0 Å². The molecule has 176 valence electrons. The Balaban J connectivity index is 1.35. The van der Waals surface area contributed by atoms with E-state index in [1.165, 1.54) is 43.4 Å². The minimum atomic E-state index is -0.339. The van der Waals surface area contributed by atoms with Crippen LogP contribution >= 0.6 is 11.8 Å². The normalized spacial score (nSPS) is 17.5. The Hall–Kier alpha value is -2.34. The summed E-state index contributed by atoms with van der Waals surface area (Å²) in [7, 11) is 0. The fraction of sp³-hybridized carbons (Fsp3) is 0.481. The SMILES string of the molecule is CCCCCCc1ccc(C(=O)N2CCC3(CC2)SCCN3C(=O)c2ccc(F)cc2)cc1. The fourth-order valence-corrected chi connectivity index (χ4v) is 6.32. The van der Waals surface area contributed by atoms with E-state index in [9.17, 15) is 14.0 Å². The van der Waals surface area contributed by atoms with E-state index in [2.05, 4.69) is 19.1 Å². The van der Waals surface area contributed by atoms with Gasteiger partial charge in [0, 0.05) is 36.5 Å². The lowest BCUT2D eigenvalue weighted by Crippen LogP contribution is -2.53. The number of unbranched alkanes of at least 4 members (excludes halogenated alkanes) is 3. The van der Waals surface area contributed by atoms with Crippen molar-refractivity contribution >= 4 is 23.6 Å². The molecule has 4 rings (SSSR count). The van der Waals surface area contributed by atoms with Crippen LogP contribution in [0.25, 0.3) is 0 Å². The maximum absolute atomic E-state index is 13.3. The summed E-state index contributed by atoms with van der Waals surface area (Å²) in [5, 5.41) is 0. The molecule has 2 fully saturated rings. The summed E-state index contributed by atoms with van der Waals surface area (Å²) in [5.41, 5.74) is 2.55. The van der Waals surface area contributed by atoms with Gasteiger partial charge < -0.3 is 9.80 Å². The number of aryl methyl sites for hydroxylation is 1. The average Bonchev–Trinajstić information content (AvgIpc) is 3.25. The first-order valence-corrected chi connectivity index (χ1v) is 13.1. The first-order valence-electron chi connectivity index (χ1n) is 12.1. The summed E-state index contributed by atoms with van der Waals surface area (Å²) < 4.78 is 13.3. The van der Waals surface area contributed by atoms with Crippen molar-refractivity contribution in [2.45, 2.75) is 56.7 Å². The molecule has 6 heteroatoms. The van der Waals surface area contributed by atoms with Crippen LogP contribution in [0.3, 0.4) is 0 Å². The molecule has 1 spiro atoms. The Morgan fingerprint density at radius 2 is 1.52 bits per heavy atom. The highest BCUT2D eigenvalue weighted by atomic mass is 32.2. The van der Waals surface area contributed by atoms with Gasteiger partial charge in [0.15, 0.2) is 0 Å². The molecule has 2 saturated heterocycles. The highest BCUT2D eigenvalue weighted by molar-refractivity contribution is 8.00. The highest BCUT2D eigenvalue weighted by Crippen LogP contribution is 2.44. The van der Waals surface area contributed by atoms with Crippen molar-refractivity contribution in [2.24, 2.45) is 0 Å². The molecule has 2 aliphatic rings. The summed E-state index contributed by atoms with van der Waals surface area (Å²) in [6.07, 6.45) is 7.54. The van der Waals surface area contributed by atoms with Crippen LogP contribution < -0.4 is 0 Å². The molecular formula is C27H33FN2O2S. The lowest BCUT2D eigenvalue weighted by atomic mass is 9.99. The molecule has 2 aromatic rings. The third kappa shape index (κ3) is 5.43. The largest absolute Gasteiger partial charge is 0.338 e. The smallest absolute Gasteiger partial charge is 0.254 e. The van der Waals surface area contributed by atoms with Crippen LogP contribution in [0, 0.1) is 5.82 Å². The molecule has 0 saturated carbocycles. The molecule has 0 atom stereocenters. The Kier molecular flexibility index (Phi) is 7.74. The Bertz CT molecular complexity index is 953. The lowest BCUT2D eigenvalue weighted by molar-refractivity contribution is 0.0498. The number of amides is 2. The van der Waals surface area contributed by atoms with Gasteiger partial charge >= 0.3 is 0 Å². The topological polar surface area (TPSA) is 40.6 Å². The second kappa shape index (κ2) is 10.7. The first kappa shape index (κ1) is 23.8. The molecule has 2 aliphatic heterocycles. The van der Waals surface area contributed by atoms with E-state index in [0.717, 1.165) is 30.6 Å². The van der Waals surface area contributed by atoms with Crippen LogP contribution in [0.2, 0.25) is 0 Å². The fourth-order valence-electron chi connectivity index (χ4n) is 4.87. The second-order valence-electron chi connectivity index (χ2n) is 9.06. The van der Waals surface area contributed by atoms with Gasteiger partial charge in [0.05, 0.1) is 4.87 Å². The molecule has 0 N–H and O–H groups in total. The number of carbonyl (C=O) groups excluding carboxylic acids is 2. The molecular weight excluding hydrogens is 435 g/mol. The van der Waals surface area contributed by atoms with Gasteiger partial charge in [0.25, 0.3) is 11.8 Å². The van der Waals surface area contributed by atoms with E-state index >= 15 is 0 Å². The zero-order chi connectivity index (χ0) is 23.3. The highest BCUT2D eigenvalue weighted by Gasteiger charge is 2.47. The van der Waals surface area contributed by atoms with E-state index in [1.807, 2.05) is 33.7 Å². The Morgan fingerprint density at radius 3 is 2.18 bits per heavy atom. The number of halogens is 1. The molecule has 0 aromatic heterocycles. The summed E-state index contributed by atoms with van der Waals surface area (Å²) in [6, 6.07) is 13.9. The average molecular weight is 469 g/mol. The van der Waals surface area contributed by atoms with Gasteiger partial charge in [0.2, 0.25) is 0 Å². The Morgan fingerprint density at radius 1 is 0.879 bits per heavy atom. The van der Waals surface area contributed by atoms with Crippen molar-refractivity contribution in [1.29, 1.82) is 0 Å². The summed E-state index contributed by atoms with van der Waals surface area (Å²) >= 11 is 1.82. The Labute approximate surface area is 200 Å². The molecule has 0 radical (unpaired) electrons. The van der Waals surface area contributed by atoms with Gasteiger partial charge in [-0.25, -0.2) is 4.39 Å². The predicted octanol–water partition coefficient (Wildman–Crippen LogP) is 5.77. The number of benzene rings is 2. The number of likely N-dealkylation sites (tertiary alicyclic amines) is 1. The van der Waals surface area contributed by atoms with Crippen LogP contribution in [0.1, 0.15) is 71.7 Å². The molecule has 33 heavy (non-hydrogen) atoms. The second-order valence-corrected chi connectivity index (χ2v) is 10.5. The number of thioether (sulfide) groups is 1. The maximum atomic E-state index is 13.3. The lowest BCUT2D eigenvalue weighted by Gasteiger charge is -2.44. The summed E-state index contributed by atoms with van der Waals surface area (Å²) in [5.74, 6) is 0.574. The van der Waals surface area contributed by atoms with E-state index in [4.69, 9.17) is 0 Å². The van der Waals surface area contributed by atoms with Gasteiger partial charge in [-0.1, -0.05) is 38.3 Å². The molecule has 0 aliphatic carbocycles. The molecule has 4 nitrogen and oxygen atoms in total. The molecule has 0 bridgehead atoms. The van der Waals surface area contributed by atoms with Crippen molar-refractivity contribution in [3.05, 3.63) is 71.0 Å². The van der Waals surface area contributed by atoms with E-state index in [0.29, 0.717) is 25.2 Å². The molecule has 2 amide bonds. The summed E-state index contributed by atoms with van der Waals surface area (Å²) in [6.45, 7) is 4.18. The van der Waals surface area contributed by atoms with Crippen molar-refractivity contribution in [3.8, 4) is 0 Å². The third-order valence-electron chi connectivity index (χ3n) is 6.87. The van der Waals surface area contributed by atoms with Crippen LogP contribution in [0.15, 0.2) is 48.5 Å². The quantitative estimate of drug-likeness (QED) is 0.485. The molecule has 2 aromatic carbocycles. The van der Waals surface area contributed by atoms with Crippen LogP contribution in [0.5, 0.6) is 0 Å². The van der Waals surface area contributed by atoms with Crippen molar-refractivity contribution < 1.29 is 14.0 Å². The van der Waals surface area contributed by atoms with E-state index in [1.54, 1.807) is 12.1 Å². The predicted molar refractivity (Wildman–Crippen MR) is 132 cm³/mol. The maximum Gasteiger partial charge on any atom is 0.254 e. The van der Waals surface area contributed by atoms with Gasteiger partial charge in [0.1, 0.15) is 5.82 Å². The van der Waals surface area contributed by atoms with Crippen molar-refractivity contribution in [1.82, 2.24) is 9.80 Å². The minimum Gasteiger partial charge on any atom is -0.338 e. The molecule has 2 heterocycles. The minimum absolute atomic E-state index is 0.0469. The number of piperidine rings is 1. The monoisotopic (exact) mass is 468 g/mol. The molecule has 0 unspecified atom stereocenters. The van der Waals surface area contributed by atoms with Gasteiger partial charge in [-0.05, 0) is 67.6 Å².